The molecular weight excluding hydrogens is 1870 g/mol. The molecule has 6 fully saturated rings. The summed E-state index contributed by atoms with van der Waals surface area (Å²) in [4.78, 5) is 152. The fraction of sp³-hybridized carbons (Fsp3) is 0.667. The van der Waals surface area contributed by atoms with Gasteiger partial charge in [0.25, 0.3) is 0 Å². The number of nitrogens with zero attached hydrogens (tertiary/aromatic N) is 9. The number of phenolic OH excluding ortho intramolecular Hbond substituents is 2. The Bertz CT molecular complexity index is 5020. The molecule has 739 valence electrons. The van der Waals surface area contributed by atoms with Crippen molar-refractivity contribution in [1.82, 2.24) is 44.6 Å². The summed E-state index contributed by atoms with van der Waals surface area (Å²) in [6, 6.07) is 11.8. The van der Waals surface area contributed by atoms with E-state index >= 15 is 0 Å². The van der Waals surface area contributed by atoms with Crippen molar-refractivity contribution in [1.29, 1.82) is 0 Å². The number of alkyl halides is 6. The third-order valence-corrected chi connectivity index (χ3v) is 27.8. The van der Waals surface area contributed by atoms with Gasteiger partial charge < -0.3 is 72.5 Å². The van der Waals surface area contributed by atoms with Gasteiger partial charge in [-0.1, -0.05) is 159 Å². The van der Waals surface area contributed by atoms with E-state index in [0.29, 0.717) is 107 Å². The van der Waals surface area contributed by atoms with Gasteiger partial charge in [0.15, 0.2) is 0 Å². The van der Waals surface area contributed by atoms with Gasteiger partial charge in [0.1, 0.15) is 70.5 Å². The molecule has 36 heteroatoms. The van der Waals surface area contributed by atoms with Crippen LogP contribution >= 0.6 is 0 Å². The minimum atomic E-state index is -2.98. The van der Waals surface area contributed by atoms with Gasteiger partial charge in [-0.15, -0.1) is 0 Å². The first-order chi connectivity index (χ1) is 62.8. The van der Waals surface area contributed by atoms with E-state index < -0.39 is 96.5 Å². The minimum absolute atomic E-state index is 0. The number of rotatable bonds is 8. The number of amides is 3. The molecule has 3 aromatic carbocycles. The average Bonchev–Trinajstić information content (AvgIpc) is 1.63. The van der Waals surface area contributed by atoms with Crippen molar-refractivity contribution in [2.45, 2.75) is 318 Å². The van der Waals surface area contributed by atoms with Crippen molar-refractivity contribution < 1.29 is 169 Å². The van der Waals surface area contributed by atoms with Crippen molar-refractivity contribution >= 4 is 87.6 Å². The van der Waals surface area contributed by atoms with E-state index in [-0.39, 0.29) is 183 Å². The first kappa shape index (κ1) is 112. The Morgan fingerprint density at radius 2 is 0.785 bits per heavy atom. The van der Waals surface area contributed by atoms with Crippen molar-refractivity contribution in [3.8, 4) is 34.9 Å². The second-order valence-corrected chi connectivity index (χ2v) is 39.9. The van der Waals surface area contributed by atoms with E-state index in [1.807, 2.05) is 90.0 Å². The first-order valence-electron chi connectivity index (χ1n) is 47.0. The molecule has 6 bridgehead atoms. The smallest absolute Gasteiger partial charge is 0.387 e. The fourth-order valence-corrected chi connectivity index (χ4v) is 20.0. The molecule has 3 aliphatic carbocycles. The maximum atomic E-state index is 14.2. The summed E-state index contributed by atoms with van der Waals surface area (Å²) in [5, 5.41) is 20.1. The molecule has 0 unspecified atom stereocenters. The summed E-state index contributed by atoms with van der Waals surface area (Å²) >= 11 is 0. The average molecular weight is 2000 g/mol. The first-order valence-corrected chi connectivity index (χ1v) is 47.0. The van der Waals surface area contributed by atoms with E-state index in [9.17, 15) is 79.7 Å². The molecule has 135 heavy (non-hydrogen) atoms. The van der Waals surface area contributed by atoms with Crippen LogP contribution in [0, 0.1) is 69.5 Å². The quantitative estimate of drug-likeness (QED) is 0.0618. The van der Waals surface area contributed by atoms with Crippen LogP contribution in [0.1, 0.15) is 255 Å². The fourth-order valence-electron chi connectivity index (χ4n) is 20.0. The van der Waals surface area contributed by atoms with Crippen LogP contribution in [-0.2, 0) is 132 Å². The van der Waals surface area contributed by atoms with Gasteiger partial charge in [0.05, 0.1) is 89.8 Å². The van der Waals surface area contributed by atoms with Crippen LogP contribution in [-0.4, -0.2) is 204 Å². The monoisotopic (exact) mass is 2000 g/mol. The largest absolute Gasteiger partial charge is 0.540 e. The van der Waals surface area contributed by atoms with E-state index in [0.717, 1.165) is 121 Å². The Morgan fingerprint density at radius 3 is 1.16 bits per heavy atom. The predicted octanol–water partition coefficient (Wildman–Crippen LogP) is 17.4. The van der Waals surface area contributed by atoms with E-state index in [1.165, 1.54) is 21.9 Å². The van der Waals surface area contributed by atoms with E-state index in [2.05, 4.69) is 23.6 Å². The Hall–Kier alpha value is -8.36. The number of ether oxygens (including phenoxy) is 7. The zero-order valence-corrected chi connectivity index (χ0v) is 83.8. The van der Waals surface area contributed by atoms with Crippen LogP contribution in [0.25, 0.3) is 33.1 Å². The van der Waals surface area contributed by atoms with Gasteiger partial charge in [-0.25, -0.2) is 66.3 Å². The Kier molecular flexibility index (Phi) is 41.4. The second kappa shape index (κ2) is 50.0. The number of aryl methyl sites for hydroxylation is 3. The summed E-state index contributed by atoms with van der Waals surface area (Å²) in [6.07, 6.45) is 24.0. The van der Waals surface area contributed by atoms with Gasteiger partial charge in [0, 0.05) is 79.8 Å². The minimum Gasteiger partial charge on any atom is -0.540 e. The van der Waals surface area contributed by atoms with Crippen LogP contribution in [0.4, 0.5) is 26.3 Å². The number of halogens is 6. The van der Waals surface area contributed by atoms with Crippen LogP contribution in [0.5, 0.6) is 34.9 Å². The summed E-state index contributed by atoms with van der Waals surface area (Å²) in [5.74, 6) is -2.79. The zero-order valence-electron chi connectivity index (χ0n) is 79.6. The molecule has 3 amide bonds. The maximum Gasteiger partial charge on any atom is 0.387 e. The normalized spacial score (nSPS) is 28.2. The standard InChI is InChI=1S/C34H44F2N3O6.C32H42N3O6.C31H40N3O6.2CH2F2.3V/c1-5-22-27(19-40)39-18-29(22)45-31-25(37-24-15-14-21(43-33(35)36)16-26(24)38-31)12-8-6-7-10-20-11-9-13-28(20)44-30(41)17-23(32(39)42)34(2,3)4;1-6-21-26(18-36)35-17-27(21)40-29-24(33-23-13-12-20(37)14-25(23)34-29)11-9-7-8-10-19-16-32(19,5)41-28(38)15-22(30(35)39)31(2,3)4;1-5-20-25(17-35)34-16-27(20)40-29-23(32-22-12-11-19(36)14-24(22)33-29)10-8-6-7-9-18-13-26(18)39-28(37)15-21(30(34)38)31(2,3)4;2*2-1-3;;;/h14-16,20,22-23,27-29,33H,5-13,17-18H2,1-4H3;12-14,19,21-22,26-27,37H,6-11,15-17H2,1-5H3;11-12,14,18,20-21,25-27,36H,5-10,13,15-16H2,1-4H3;2*1H2;;;/q3*-1;;;;;/t20-,22+,23-,27-,28-,29+;19-,21+,22-,26-,27+,32-;18-,20+,21-,25-,26-,27+;;;;;/m111...../s1. The van der Waals surface area contributed by atoms with Crippen molar-refractivity contribution in [3.05, 3.63) is 71.7 Å². The second-order valence-electron chi connectivity index (χ2n) is 39.9. The van der Waals surface area contributed by atoms with E-state index in [4.69, 9.17) is 58.3 Å². The molecule has 9 aliphatic rings. The number of hydrogen-bond donors (Lipinski definition) is 2. The van der Waals surface area contributed by atoms with Gasteiger partial charge in [0.2, 0.25) is 49.2 Å². The number of aromatic hydroxyl groups is 2. The molecule has 15 rings (SSSR count). The molecule has 2 N–H and O–H groups in total. The molecule has 6 aromatic rings. The van der Waals surface area contributed by atoms with Crippen molar-refractivity contribution in [3.63, 3.8) is 0 Å². The number of carbonyl (C=O) groups excluding carboxylic acids is 9. The number of fused-ring (bicyclic) bond motifs is 15. The van der Waals surface area contributed by atoms with Gasteiger partial charge in [-0.2, -0.15) is 8.78 Å². The van der Waals surface area contributed by atoms with Crippen LogP contribution in [0.15, 0.2) is 54.6 Å². The predicted molar refractivity (Wildman–Crippen MR) is 478 cm³/mol. The van der Waals surface area contributed by atoms with Gasteiger partial charge in [-0.3, -0.25) is 28.8 Å². The number of carbonyl (C=O) groups is 6. The number of aromatic nitrogens is 6. The number of esters is 3. The molecule has 0 spiro atoms. The Labute approximate surface area is 822 Å². The number of hydrogen-bond acceptors (Lipinski definition) is 24. The van der Waals surface area contributed by atoms with E-state index in [1.54, 1.807) is 47.4 Å². The summed E-state index contributed by atoms with van der Waals surface area (Å²) in [7, 11) is 0. The van der Waals surface area contributed by atoms with Crippen LogP contribution in [0.3, 0.4) is 0 Å². The summed E-state index contributed by atoms with van der Waals surface area (Å²) in [6.45, 7) is 19.2. The Morgan fingerprint density at radius 1 is 0.437 bits per heavy atom. The van der Waals surface area contributed by atoms with Gasteiger partial charge >= 0.3 is 24.5 Å². The summed E-state index contributed by atoms with van der Waals surface area (Å²) < 4.78 is 106. The molecule has 6 aliphatic heterocycles. The van der Waals surface area contributed by atoms with Crippen LogP contribution < -0.4 is 18.9 Å². The number of benzene rings is 3. The molecule has 9 heterocycles. The molecule has 3 saturated heterocycles. The molecule has 27 nitrogen and oxygen atoms in total. The molecule has 18 atom stereocenters. The SMILES string of the molecule is CC[C@@H]1[C@@H]2CN(C(=O)[C@H](C(C)(C)C)CC(=O)O[C@@H]3CCC[C@H]3CCCCCc3nc4ccc(OC(F)F)cc4nc3O2)[C@@H]1[C-]=O.CC[C@@H]1[C@@H]2CN(C(=O)[C@H](C(C)(C)C)CC(=O)O[C@@H]3C[C@H]3CCCCCc3nc4ccc(O)cc4nc3O2)[C@@H]1[C-]=O.CC[C@@H]1[C@@H]2CN(C(=O)[C@H](C(C)(C)C)CC(=O)O[C@]3(C)C[C@H]3CCCCCc3nc4ccc(O)cc4nc3O2)[C@@H]1[C-]=O.FCF.FCF.[V].[V].[V]. The van der Waals surface area contributed by atoms with Crippen molar-refractivity contribution in [2.75, 3.05) is 33.5 Å². The number of phenols is 2. The third-order valence-electron chi connectivity index (χ3n) is 27.8. The zero-order chi connectivity index (χ0) is 95.8. The molecule has 3 radical (unpaired) electrons. The maximum absolute atomic E-state index is 14.2. The molecule has 3 saturated carbocycles. The summed E-state index contributed by atoms with van der Waals surface area (Å²) in [5.41, 5.74) is 3.24. The molecular formula is C99H130F6N9O18V3-3. The molecule has 3 aromatic heterocycles. The van der Waals surface area contributed by atoms with Gasteiger partial charge in [-0.05, 0) is 179 Å². The Balaban J connectivity index is 0.000000239. The van der Waals surface area contributed by atoms with Crippen molar-refractivity contribution in [2.24, 2.45) is 69.5 Å². The topological polar surface area (TPSA) is 346 Å². The third kappa shape index (κ3) is 28.7. The van der Waals surface area contributed by atoms with Crippen LogP contribution in [0.2, 0.25) is 0 Å².